The molecule has 0 aliphatic heterocycles. The van der Waals surface area contributed by atoms with Crippen molar-refractivity contribution in [2.45, 2.75) is 6.92 Å². The van der Waals surface area contributed by atoms with E-state index in [0.29, 0.717) is 5.69 Å². The number of benzene rings is 1. The molecule has 0 aliphatic carbocycles. The second-order valence-corrected chi connectivity index (χ2v) is 4.49. The summed E-state index contributed by atoms with van der Waals surface area (Å²) in [6.45, 7) is 1.75. The summed E-state index contributed by atoms with van der Waals surface area (Å²) in [7, 11) is 0. The van der Waals surface area contributed by atoms with Crippen LogP contribution in [-0.2, 0) is 0 Å². The van der Waals surface area contributed by atoms with Crippen molar-refractivity contribution in [3.8, 4) is 0 Å². The van der Waals surface area contributed by atoms with Gasteiger partial charge in [0.15, 0.2) is 0 Å². The molecule has 0 bridgehead atoms. The Balaban J connectivity index is 2.34. The number of carbonyl (C=O) groups is 1. The number of carbonyl (C=O) groups excluding carboxylic acids is 1. The summed E-state index contributed by atoms with van der Waals surface area (Å²) in [5, 5.41) is 13.7. The fraction of sp³-hybridized carbons (Fsp3) is 0.0769. The Morgan fingerprint density at radius 2 is 2.10 bits per heavy atom. The molecule has 0 saturated heterocycles. The number of halogens is 1. The van der Waals surface area contributed by atoms with Crippen molar-refractivity contribution in [1.29, 1.82) is 0 Å². The van der Waals surface area contributed by atoms with E-state index < -0.39 is 10.8 Å². The normalized spacial score (nSPS) is 10.1. The van der Waals surface area contributed by atoms with Gasteiger partial charge in [-0.25, -0.2) is 4.98 Å². The van der Waals surface area contributed by atoms with Crippen LogP contribution in [0.15, 0.2) is 36.5 Å². The number of amides is 1. The smallest absolute Gasteiger partial charge is 0.282 e. The van der Waals surface area contributed by atoms with Crippen molar-refractivity contribution in [2.24, 2.45) is 0 Å². The van der Waals surface area contributed by atoms with Crippen molar-refractivity contribution < 1.29 is 9.72 Å². The summed E-state index contributed by atoms with van der Waals surface area (Å²) in [6.07, 6.45) is 1.43. The van der Waals surface area contributed by atoms with Gasteiger partial charge in [-0.1, -0.05) is 17.7 Å². The number of nitro benzene ring substituents is 1. The Morgan fingerprint density at radius 1 is 1.35 bits per heavy atom. The van der Waals surface area contributed by atoms with E-state index in [1.54, 1.807) is 19.1 Å². The number of anilines is 1. The lowest BCUT2D eigenvalue weighted by Gasteiger charge is -2.06. The van der Waals surface area contributed by atoms with Crippen LogP contribution in [-0.4, -0.2) is 15.8 Å². The molecule has 0 aliphatic rings. The summed E-state index contributed by atoms with van der Waals surface area (Å²) >= 11 is 5.71. The highest BCUT2D eigenvalue weighted by atomic mass is 35.5. The number of pyridine rings is 1. The lowest BCUT2D eigenvalue weighted by atomic mass is 10.1. The minimum absolute atomic E-state index is 0.00272. The number of rotatable bonds is 3. The molecule has 0 unspecified atom stereocenters. The summed E-state index contributed by atoms with van der Waals surface area (Å²) in [4.78, 5) is 26.3. The molecule has 0 spiro atoms. The van der Waals surface area contributed by atoms with Crippen LogP contribution in [0.3, 0.4) is 0 Å². The van der Waals surface area contributed by atoms with E-state index in [4.69, 9.17) is 11.6 Å². The number of nitro groups is 1. The third-order valence-corrected chi connectivity index (χ3v) is 2.78. The van der Waals surface area contributed by atoms with Crippen LogP contribution in [0.5, 0.6) is 0 Å². The van der Waals surface area contributed by atoms with Crippen LogP contribution in [0.2, 0.25) is 5.15 Å². The van der Waals surface area contributed by atoms with E-state index in [1.807, 2.05) is 0 Å². The van der Waals surface area contributed by atoms with Gasteiger partial charge in [0.2, 0.25) is 0 Å². The van der Waals surface area contributed by atoms with E-state index in [1.165, 1.54) is 24.4 Å². The number of aryl methyl sites for hydroxylation is 1. The standard InChI is InChI=1S/C13H10ClN3O3/c1-8-2-3-11(17(19)20)10(6-8)13(18)16-9-4-5-15-12(14)7-9/h2-7H,1H3,(H,15,16,18). The van der Waals surface area contributed by atoms with E-state index in [0.717, 1.165) is 5.56 Å². The van der Waals surface area contributed by atoms with Crippen molar-refractivity contribution >= 4 is 28.9 Å². The maximum atomic E-state index is 12.1. The first-order valence-corrected chi connectivity index (χ1v) is 6.03. The molecule has 0 saturated carbocycles. The summed E-state index contributed by atoms with van der Waals surface area (Å²) in [5.74, 6) is -0.567. The van der Waals surface area contributed by atoms with Crippen LogP contribution in [0.4, 0.5) is 11.4 Å². The molecule has 0 radical (unpaired) electrons. The van der Waals surface area contributed by atoms with E-state index in [9.17, 15) is 14.9 Å². The molecular formula is C13H10ClN3O3. The van der Waals surface area contributed by atoms with Crippen LogP contribution in [0.25, 0.3) is 0 Å². The second kappa shape index (κ2) is 5.66. The lowest BCUT2D eigenvalue weighted by Crippen LogP contribution is -2.14. The maximum absolute atomic E-state index is 12.1. The minimum Gasteiger partial charge on any atom is -0.322 e. The average molecular weight is 292 g/mol. The number of hydrogen-bond donors (Lipinski definition) is 1. The van der Waals surface area contributed by atoms with Gasteiger partial charge in [-0.3, -0.25) is 14.9 Å². The third kappa shape index (κ3) is 3.10. The molecule has 2 aromatic rings. The van der Waals surface area contributed by atoms with Gasteiger partial charge in [-0.2, -0.15) is 0 Å². The van der Waals surface area contributed by atoms with Crippen LogP contribution < -0.4 is 5.32 Å². The molecule has 1 N–H and O–H groups in total. The number of nitrogens with zero attached hydrogens (tertiary/aromatic N) is 2. The largest absolute Gasteiger partial charge is 0.322 e. The third-order valence-electron chi connectivity index (χ3n) is 2.58. The Hall–Kier alpha value is -2.47. The molecule has 7 heteroatoms. The first kappa shape index (κ1) is 14.0. The molecule has 1 heterocycles. The quantitative estimate of drug-likeness (QED) is 0.534. The molecule has 1 aromatic carbocycles. The molecule has 0 fully saturated rings. The second-order valence-electron chi connectivity index (χ2n) is 4.10. The molecule has 1 amide bonds. The lowest BCUT2D eigenvalue weighted by molar-refractivity contribution is -0.385. The van der Waals surface area contributed by atoms with Gasteiger partial charge >= 0.3 is 0 Å². The Morgan fingerprint density at radius 3 is 2.75 bits per heavy atom. The van der Waals surface area contributed by atoms with Gasteiger partial charge in [0.1, 0.15) is 10.7 Å². The Labute approximate surface area is 119 Å². The van der Waals surface area contributed by atoms with Crippen LogP contribution in [0, 0.1) is 17.0 Å². The van der Waals surface area contributed by atoms with Gasteiger partial charge in [0, 0.05) is 18.0 Å². The molecule has 6 nitrogen and oxygen atoms in total. The summed E-state index contributed by atoms with van der Waals surface area (Å²) in [5.41, 5.74) is 0.940. The molecule has 20 heavy (non-hydrogen) atoms. The van der Waals surface area contributed by atoms with Gasteiger partial charge in [0.05, 0.1) is 4.92 Å². The fourth-order valence-electron chi connectivity index (χ4n) is 1.67. The van der Waals surface area contributed by atoms with Crippen LogP contribution in [0.1, 0.15) is 15.9 Å². The minimum atomic E-state index is -0.589. The van der Waals surface area contributed by atoms with Crippen LogP contribution >= 0.6 is 11.6 Å². The van der Waals surface area contributed by atoms with Crippen molar-refractivity contribution in [1.82, 2.24) is 4.98 Å². The van der Waals surface area contributed by atoms with Gasteiger partial charge in [-0.15, -0.1) is 0 Å². The fourth-order valence-corrected chi connectivity index (χ4v) is 1.84. The van der Waals surface area contributed by atoms with Gasteiger partial charge in [0.25, 0.3) is 11.6 Å². The zero-order valence-corrected chi connectivity index (χ0v) is 11.2. The zero-order chi connectivity index (χ0) is 14.7. The van der Waals surface area contributed by atoms with E-state index in [-0.39, 0.29) is 16.4 Å². The summed E-state index contributed by atoms with van der Waals surface area (Å²) in [6, 6.07) is 7.37. The predicted octanol–water partition coefficient (Wildman–Crippen LogP) is 3.20. The average Bonchev–Trinajstić information content (AvgIpc) is 2.38. The summed E-state index contributed by atoms with van der Waals surface area (Å²) < 4.78 is 0. The molecular weight excluding hydrogens is 282 g/mol. The highest BCUT2D eigenvalue weighted by Gasteiger charge is 2.20. The SMILES string of the molecule is Cc1ccc([N+](=O)[O-])c(C(=O)Nc2ccnc(Cl)c2)c1. The van der Waals surface area contributed by atoms with E-state index in [2.05, 4.69) is 10.3 Å². The highest BCUT2D eigenvalue weighted by molar-refractivity contribution is 6.29. The predicted molar refractivity (Wildman–Crippen MR) is 75.0 cm³/mol. The van der Waals surface area contributed by atoms with E-state index >= 15 is 0 Å². The number of hydrogen-bond acceptors (Lipinski definition) is 4. The van der Waals surface area contributed by atoms with Gasteiger partial charge < -0.3 is 5.32 Å². The zero-order valence-electron chi connectivity index (χ0n) is 10.5. The first-order valence-electron chi connectivity index (χ1n) is 5.65. The van der Waals surface area contributed by atoms with Crippen molar-refractivity contribution in [3.05, 3.63) is 62.9 Å². The molecule has 0 atom stereocenters. The Kier molecular flexibility index (Phi) is 3.95. The molecule has 1 aromatic heterocycles. The van der Waals surface area contributed by atoms with Gasteiger partial charge in [-0.05, 0) is 30.7 Å². The number of aromatic nitrogens is 1. The highest BCUT2D eigenvalue weighted by Crippen LogP contribution is 2.21. The van der Waals surface area contributed by atoms with Crippen molar-refractivity contribution in [2.75, 3.05) is 5.32 Å². The topological polar surface area (TPSA) is 85.1 Å². The Bertz CT molecular complexity index is 688. The monoisotopic (exact) mass is 291 g/mol. The maximum Gasteiger partial charge on any atom is 0.282 e. The number of nitrogens with one attached hydrogen (secondary N) is 1. The molecule has 2 rings (SSSR count). The first-order chi connectivity index (χ1) is 9.47. The van der Waals surface area contributed by atoms with Crippen molar-refractivity contribution in [3.63, 3.8) is 0 Å². The molecule has 102 valence electrons.